The van der Waals surface area contributed by atoms with Crippen LogP contribution in [0.5, 0.6) is 0 Å². The number of ether oxygens (including phenoxy) is 1. The van der Waals surface area contributed by atoms with Gasteiger partial charge >= 0.3 is 0 Å². The Kier molecular flexibility index (Phi) is 2.02. The predicted molar refractivity (Wildman–Crippen MR) is 47.2 cm³/mol. The van der Waals surface area contributed by atoms with Gasteiger partial charge in [-0.1, -0.05) is 13.8 Å². The average molecular weight is 207 g/mol. The number of alkyl halides is 2. The fourth-order valence-corrected chi connectivity index (χ4v) is 2.34. The number of halogens is 2. The quantitative estimate of drug-likeness (QED) is 0.710. The summed E-state index contributed by atoms with van der Waals surface area (Å²) in [6, 6.07) is 0. The molecule has 2 saturated heterocycles. The molecule has 0 aromatic carbocycles. The van der Waals surface area contributed by atoms with E-state index in [1.54, 1.807) is 0 Å². The van der Waals surface area contributed by atoms with Gasteiger partial charge in [-0.3, -0.25) is 0 Å². The van der Waals surface area contributed by atoms with Crippen molar-refractivity contribution >= 4 is 0 Å². The van der Waals surface area contributed by atoms with E-state index in [-0.39, 0.29) is 5.92 Å². The first-order chi connectivity index (χ1) is 6.84. The van der Waals surface area contributed by atoms with Crippen molar-refractivity contribution in [1.29, 1.82) is 0 Å². The van der Waals surface area contributed by atoms with Crippen molar-refractivity contribution in [3.05, 3.63) is 0 Å². The fourth-order valence-electron chi connectivity index (χ4n) is 2.34. The third-order valence-electron chi connectivity index (χ3n) is 3.12. The zero-order chi connectivity index (χ0) is 11.4. The molecule has 0 unspecified atom stereocenters. The molecule has 1 N–H and O–H groups in total. The highest BCUT2D eigenvalue weighted by Crippen LogP contribution is 2.47. The van der Waals surface area contributed by atoms with Crippen molar-refractivity contribution in [3.63, 3.8) is 0 Å². The minimum Gasteiger partial charge on any atom is -0.390 e. The Hall–Kier alpha value is -0.220. The lowest BCUT2D eigenvalue weighted by Crippen LogP contribution is -2.47. The first-order valence-electron chi connectivity index (χ1n) is 5.56. The van der Waals surface area contributed by atoms with Gasteiger partial charge in [0.2, 0.25) is 0 Å². The normalized spacial score (nSPS) is 52.1. The number of aliphatic hydroxyl groups excluding tert-OH is 1. The Labute approximate surface area is 83.7 Å². The Morgan fingerprint density at radius 2 is 2.21 bits per heavy atom. The monoisotopic (exact) mass is 207 g/mol. The summed E-state index contributed by atoms with van der Waals surface area (Å²) < 4.78 is 39.6. The Balaban J connectivity index is 2.27. The SMILES string of the molecule is [2H][C@H]1[C@@H](C(C)C)[C@H](O)[C@H]2O[C@@H]1CC2(F)F. The van der Waals surface area contributed by atoms with Crippen molar-refractivity contribution in [2.45, 2.75) is 50.9 Å². The highest BCUT2D eigenvalue weighted by Gasteiger charge is 2.58. The smallest absolute Gasteiger partial charge is 0.278 e. The van der Waals surface area contributed by atoms with Crippen LogP contribution in [-0.2, 0) is 4.74 Å². The third-order valence-corrected chi connectivity index (χ3v) is 3.12. The number of aliphatic hydroxyl groups is 1. The van der Waals surface area contributed by atoms with Crippen molar-refractivity contribution in [2.24, 2.45) is 11.8 Å². The first-order valence-corrected chi connectivity index (χ1v) is 4.98. The topological polar surface area (TPSA) is 29.5 Å². The lowest BCUT2D eigenvalue weighted by Gasteiger charge is -2.36. The molecule has 2 rings (SSSR count). The summed E-state index contributed by atoms with van der Waals surface area (Å²) in [5.74, 6) is -3.38. The summed E-state index contributed by atoms with van der Waals surface area (Å²) >= 11 is 0. The molecule has 2 heterocycles. The van der Waals surface area contributed by atoms with Gasteiger partial charge in [-0.2, -0.15) is 0 Å². The number of rotatable bonds is 1. The number of hydrogen-bond acceptors (Lipinski definition) is 2. The second kappa shape index (κ2) is 3.14. The van der Waals surface area contributed by atoms with Gasteiger partial charge in [0.15, 0.2) is 0 Å². The van der Waals surface area contributed by atoms with E-state index in [2.05, 4.69) is 0 Å². The van der Waals surface area contributed by atoms with Gasteiger partial charge in [-0.25, -0.2) is 8.78 Å². The minimum absolute atomic E-state index is 0.0188. The molecule has 0 aromatic rings. The number of hydrogen-bond donors (Lipinski definition) is 1. The standard InChI is InChI=1S/C10H16F2O2/c1-5(2)7-3-6-4-10(11,12)9(14-6)8(7)13/h5-9,13H,3-4H2,1-2H3/t6-,7-,8-,9+/m0/s1/i3D/t3-,6+,7+,8+,9-/m1. The molecule has 2 nitrogen and oxygen atoms in total. The Morgan fingerprint density at radius 1 is 1.57 bits per heavy atom. The van der Waals surface area contributed by atoms with Crippen LogP contribution in [0, 0.1) is 11.8 Å². The van der Waals surface area contributed by atoms with Crippen molar-refractivity contribution in [1.82, 2.24) is 0 Å². The predicted octanol–water partition coefficient (Wildman–Crippen LogP) is 1.82. The van der Waals surface area contributed by atoms with Gasteiger partial charge in [0.25, 0.3) is 5.92 Å². The van der Waals surface area contributed by atoms with Gasteiger partial charge in [0.1, 0.15) is 6.10 Å². The summed E-state index contributed by atoms with van der Waals surface area (Å²) in [6.45, 7) is 3.69. The van der Waals surface area contributed by atoms with E-state index in [1.807, 2.05) is 13.8 Å². The second-order valence-electron chi connectivity index (χ2n) is 4.56. The summed E-state index contributed by atoms with van der Waals surface area (Å²) in [6.07, 6.45) is -4.52. The van der Waals surface area contributed by atoms with Crippen LogP contribution in [0.15, 0.2) is 0 Å². The molecule has 5 atom stereocenters. The van der Waals surface area contributed by atoms with Crippen LogP contribution in [0.1, 0.15) is 28.0 Å². The van der Waals surface area contributed by atoms with Crippen LogP contribution in [0.3, 0.4) is 0 Å². The molecule has 0 spiro atoms. The van der Waals surface area contributed by atoms with Crippen molar-refractivity contribution in [2.75, 3.05) is 0 Å². The van der Waals surface area contributed by atoms with E-state index in [0.29, 0.717) is 0 Å². The molecule has 2 fully saturated rings. The first kappa shape index (κ1) is 9.04. The molecule has 82 valence electrons. The largest absolute Gasteiger partial charge is 0.390 e. The molecule has 0 saturated carbocycles. The van der Waals surface area contributed by atoms with E-state index in [1.165, 1.54) is 0 Å². The van der Waals surface area contributed by atoms with E-state index in [0.717, 1.165) is 0 Å². The van der Waals surface area contributed by atoms with Gasteiger partial charge < -0.3 is 9.84 Å². The van der Waals surface area contributed by atoms with E-state index in [4.69, 9.17) is 6.11 Å². The molecule has 0 amide bonds. The molecule has 2 bridgehead atoms. The zero-order valence-electron chi connectivity index (χ0n) is 9.28. The highest BCUT2D eigenvalue weighted by molar-refractivity contribution is 5.01. The van der Waals surface area contributed by atoms with Gasteiger partial charge in [-0.05, 0) is 18.2 Å². The molecule has 0 radical (unpaired) electrons. The zero-order valence-corrected chi connectivity index (χ0v) is 8.28. The molecule has 2 aliphatic rings. The molecule has 0 aliphatic carbocycles. The summed E-state index contributed by atoms with van der Waals surface area (Å²) in [7, 11) is 0. The van der Waals surface area contributed by atoms with Crippen LogP contribution >= 0.6 is 0 Å². The Bertz CT molecular complexity index is 260. The lowest BCUT2D eigenvalue weighted by molar-refractivity contribution is -0.170. The third kappa shape index (κ3) is 1.44. The summed E-state index contributed by atoms with van der Waals surface area (Å²) in [5.41, 5.74) is 0. The van der Waals surface area contributed by atoms with Crippen LogP contribution in [0.4, 0.5) is 8.78 Å². The molecule has 2 aliphatic heterocycles. The van der Waals surface area contributed by atoms with Gasteiger partial charge in [0, 0.05) is 7.79 Å². The molecule has 14 heavy (non-hydrogen) atoms. The van der Waals surface area contributed by atoms with E-state index >= 15 is 0 Å². The average Bonchev–Trinajstić information content (AvgIpc) is 2.36. The second-order valence-corrected chi connectivity index (χ2v) is 4.56. The maximum Gasteiger partial charge on any atom is 0.278 e. The van der Waals surface area contributed by atoms with E-state index < -0.39 is 43.0 Å². The summed E-state index contributed by atoms with van der Waals surface area (Å²) in [5, 5.41) is 9.81. The summed E-state index contributed by atoms with van der Waals surface area (Å²) in [4.78, 5) is 0. The molecular formula is C10H16F2O2. The fraction of sp³-hybridized carbons (Fsp3) is 1.00. The van der Waals surface area contributed by atoms with Crippen LogP contribution < -0.4 is 0 Å². The number of fused-ring (bicyclic) bond motifs is 2. The van der Waals surface area contributed by atoms with Gasteiger partial charge in [-0.15, -0.1) is 0 Å². The molecule has 4 heteroatoms. The maximum atomic E-state index is 13.4. The Morgan fingerprint density at radius 3 is 2.79 bits per heavy atom. The lowest BCUT2D eigenvalue weighted by atomic mass is 9.83. The van der Waals surface area contributed by atoms with Crippen molar-refractivity contribution in [3.8, 4) is 0 Å². The molecule has 0 aromatic heterocycles. The van der Waals surface area contributed by atoms with Crippen LogP contribution in [0.25, 0.3) is 0 Å². The van der Waals surface area contributed by atoms with E-state index in [9.17, 15) is 13.9 Å². The minimum atomic E-state index is -2.98. The van der Waals surface area contributed by atoms with Crippen LogP contribution in [-0.4, -0.2) is 29.3 Å². The van der Waals surface area contributed by atoms with Crippen LogP contribution in [0.2, 0.25) is 0 Å². The van der Waals surface area contributed by atoms with Crippen molar-refractivity contribution < 1.29 is 20.0 Å². The maximum absolute atomic E-state index is 13.4. The molecular weight excluding hydrogens is 190 g/mol. The highest BCUT2D eigenvalue weighted by atomic mass is 19.3. The van der Waals surface area contributed by atoms with Gasteiger partial charge in [0.05, 0.1) is 12.2 Å².